The number of likely N-dealkylation sites (tertiary alicyclic amines) is 1. The number of piperidine rings is 1. The molecule has 4 nitrogen and oxygen atoms in total. The summed E-state index contributed by atoms with van der Waals surface area (Å²) in [4.78, 5) is 10.4. The van der Waals surface area contributed by atoms with E-state index in [0.29, 0.717) is 5.92 Å². The molecule has 1 aliphatic heterocycles. The fourth-order valence-corrected chi connectivity index (χ4v) is 2.44. The Kier molecular flexibility index (Phi) is 4.59. The van der Waals surface area contributed by atoms with Gasteiger partial charge in [0.05, 0.1) is 4.47 Å². The van der Waals surface area contributed by atoms with E-state index in [1.807, 2.05) is 0 Å². The maximum absolute atomic E-state index is 5.77. The molecule has 2 heterocycles. The fourth-order valence-electron chi connectivity index (χ4n) is 1.98. The van der Waals surface area contributed by atoms with Crippen LogP contribution in [0.2, 0.25) is 5.28 Å². The lowest BCUT2D eigenvalue weighted by Crippen LogP contribution is -2.33. The van der Waals surface area contributed by atoms with Gasteiger partial charge in [-0.2, -0.15) is 4.98 Å². The SMILES string of the molecule is CN1CCC(CNc2nc(Cl)ncc2Br)CC1. The van der Waals surface area contributed by atoms with Crippen molar-refractivity contribution in [1.82, 2.24) is 14.9 Å². The van der Waals surface area contributed by atoms with Crippen molar-refractivity contribution in [2.24, 2.45) is 5.92 Å². The van der Waals surface area contributed by atoms with Crippen LogP contribution in [0.4, 0.5) is 5.82 Å². The lowest BCUT2D eigenvalue weighted by Gasteiger charge is -2.29. The molecule has 0 aromatic carbocycles. The zero-order valence-corrected chi connectivity index (χ0v) is 12.1. The Morgan fingerprint density at radius 1 is 1.53 bits per heavy atom. The Bertz CT molecular complexity index is 380. The van der Waals surface area contributed by atoms with Gasteiger partial charge in [-0.15, -0.1) is 0 Å². The summed E-state index contributed by atoms with van der Waals surface area (Å²) in [6.07, 6.45) is 4.15. The van der Waals surface area contributed by atoms with Crippen LogP contribution in [-0.2, 0) is 0 Å². The molecule has 1 aromatic rings. The maximum atomic E-state index is 5.77. The van der Waals surface area contributed by atoms with Crippen molar-refractivity contribution >= 4 is 33.3 Å². The highest BCUT2D eigenvalue weighted by atomic mass is 79.9. The number of anilines is 1. The minimum Gasteiger partial charge on any atom is -0.369 e. The Hall–Kier alpha value is -0.390. The molecule has 1 N–H and O–H groups in total. The largest absolute Gasteiger partial charge is 0.369 e. The van der Waals surface area contributed by atoms with E-state index >= 15 is 0 Å². The average molecular weight is 320 g/mol. The van der Waals surface area contributed by atoms with E-state index in [1.165, 1.54) is 25.9 Å². The molecule has 17 heavy (non-hydrogen) atoms. The van der Waals surface area contributed by atoms with Crippen molar-refractivity contribution in [1.29, 1.82) is 0 Å². The van der Waals surface area contributed by atoms with Crippen molar-refractivity contribution in [2.75, 3.05) is 32.0 Å². The van der Waals surface area contributed by atoms with Gasteiger partial charge in [-0.25, -0.2) is 4.98 Å². The van der Waals surface area contributed by atoms with Crippen LogP contribution in [0, 0.1) is 5.92 Å². The summed E-state index contributed by atoms with van der Waals surface area (Å²) in [5.74, 6) is 1.50. The first-order chi connectivity index (χ1) is 8.15. The van der Waals surface area contributed by atoms with Crippen molar-refractivity contribution in [3.05, 3.63) is 16.0 Å². The number of aromatic nitrogens is 2. The molecule has 0 saturated carbocycles. The summed E-state index contributed by atoms with van der Waals surface area (Å²) >= 11 is 9.18. The molecule has 0 amide bonds. The van der Waals surface area contributed by atoms with Gasteiger partial charge in [0.15, 0.2) is 0 Å². The first kappa shape index (κ1) is 13.1. The number of nitrogens with zero attached hydrogens (tertiary/aromatic N) is 3. The van der Waals surface area contributed by atoms with Gasteiger partial charge in [0.25, 0.3) is 0 Å². The maximum Gasteiger partial charge on any atom is 0.224 e. The summed E-state index contributed by atoms with van der Waals surface area (Å²) in [6, 6.07) is 0. The van der Waals surface area contributed by atoms with Gasteiger partial charge in [-0.3, -0.25) is 0 Å². The smallest absolute Gasteiger partial charge is 0.224 e. The molecule has 0 radical (unpaired) electrons. The molecule has 1 aliphatic rings. The number of rotatable bonds is 3. The number of nitrogens with one attached hydrogen (secondary N) is 1. The zero-order valence-electron chi connectivity index (χ0n) is 9.79. The highest BCUT2D eigenvalue weighted by Crippen LogP contribution is 2.22. The monoisotopic (exact) mass is 318 g/mol. The number of halogens is 2. The normalized spacial score (nSPS) is 18.3. The van der Waals surface area contributed by atoms with E-state index in [4.69, 9.17) is 11.6 Å². The minimum atomic E-state index is 0.277. The molecule has 1 aromatic heterocycles. The van der Waals surface area contributed by atoms with Crippen LogP contribution >= 0.6 is 27.5 Å². The van der Waals surface area contributed by atoms with Gasteiger partial charge in [-0.1, -0.05) is 0 Å². The van der Waals surface area contributed by atoms with Crippen LogP contribution < -0.4 is 5.32 Å². The first-order valence-corrected chi connectivity index (χ1v) is 6.92. The van der Waals surface area contributed by atoms with E-state index in [9.17, 15) is 0 Å². The highest BCUT2D eigenvalue weighted by molar-refractivity contribution is 9.10. The third-order valence-electron chi connectivity index (χ3n) is 3.11. The third kappa shape index (κ3) is 3.79. The Labute approximate surface area is 115 Å². The van der Waals surface area contributed by atoms with Crippen LogP contribution in [0.3, 0.4) is 0 Å². The summed E-state index contributed by atoms with van der Waals surface area (Å²) < 4.78 is 0.856. The highest BCUT2D eigenvalue weighted by Gasteiger charge is 2.16. The topological polar surface area (TPSA) is 41.0 Å². The van der Waals surface area contributed by atoms with Gasteiger partial charge >= 0.3 is 0 Å². The molecule has 94 valence electrons. The van der Waals surface area contributed by atoms with Gasteiger partial charge < -0.3 is 10.2 Å². The summed E-state index contributed by atoms with van der Waals surface area (Å²) in [7, 11) is 2.17. The van der Waals surface area contributed by atoms with Crippen LogP contribution in [-0.4, -0.2) is 41.5 Å². The molecule has 0 atom stereocenters. The predicted molar refractivity (Wildman–Crippen MR) is 73.5 cm³/mol. The molecule has 0 spiro atoms. The van der Waals surface area contributed by atoms with E-state index in [-0.39, 0.29) is 5.28 Å². The molecule has 0 bridgehead atoms. The van der Waals surface area contributed by atoms with E-state index < -0.39 is 0 Å². The van der Waals surface area contributed by atoms with Crippen LogP contribution in [0.5, 0.6) is 0 Å². The van der Waals surface area contributed by atoms with E-state index in [1.54, 1.807) is 6.20 Å². The van der Waals surface area contributed by atoms with E-state index in [0.717, 1.165) is 16.8 Å². The molecule has 0 unspecified atom stereocenters. The number of hydrogen-bond acceptors (Lipinski definition) is 4. The standard InChI is InChI=1S/C11H16BrClN4/c1-17-4-2-8(3-5-17)6-14-10-9(12)7-15-11(13)16-10/h7-8H,2-6H2,1H3,(H,14,15,16). The summed E-state index contributed by atoms with van der Waals surface area (Å²) in [5.41, 5.74) is 0. The first-order valence-electron chi connectivity index (χ1n) is 5.75. The Balaban J connectivity index is 1.87. The third-order valence-corrected chi connectivity index (χ3v) is 3.87. The van der Waals surface area contributed by atoms with Crippen molar-refractivity contribution in [2.45, 2.75) is 12.8 Å². The van der Waals surface area contributed by atoms with Crippen LogP contribution in [0.25, 0.3) is 0 Å². The van der Waals surface area contributed by atoms with Gasteiger partial charge in [0, 0.05) is 12.7 Å². The molecule has 1 saturated heterocycles. The number of hydrogen-bond donors (Lipinski definition) is 1. The molecular formula is C11H16BrClN4. The average Bonchev–Trinajstić information content (AvgIpc) is 2.32. The van der Waals surface area contributed by atoms with Crippen molar-refractivity contribution in [3.63, 3.8) is 0 Å². The lowest BCUT2D eigenvalue weighted by molar-refractivity contribution is 0.226. The van der Waals surface area contributed by atoms with Gasteiger partial charge in [-0.05, 0) is 66.4 Å². The molecular weight excluding hydrogens is 304 g/mol. The zero-order chi connectivity index (χ0) is 12.3. The lowest BCUT2D eigenvalue weighted by atomic mass is 9.97. The Morgan fingerprint density at radius 2 is 2.24 bits per heavy atom. The second kappa shape index (κ2) is 5.98. The van der Waals surface area contributed by atoms with E-state index in [2.05, 4.69) is 43.2 Å². The minimum absolute atomic E-state index is 0.277. The predicted octanol–water partition coefficient (Wildman–Crippen LogP) is 2.65. The molecule has 1 fully saturated rings. The van der Waals surface area contributed by atoms with Gasteiger partial charge in [0.2, 0.25) is 5.28 Å². The second-order valence-electron chi connectivity index (χ2n) is 4.46. The summed E-state index contributed by atoms with van der Waals surface area (Å²) in [6.45, 7) is 3.30. The molecule has 0 aliphatic carbocycles. The Morgan fingerprint density at radius 3 is 2.94 bits per heavy atom. The van der Waals surface area contributed by atoms with Crippen molar-refractivity contribution in [3.8, 4) is 0 Å². The molecule has 2 rings (SSSR count). The van der Waals surface area contributed by atoms with Gasteiger partial charge in [0.1, 0.15) is 5.82 Å². The van der Waals surface area contributed by atoms with Crippen LogP contribution in [0.15, 0.2) is 10.7 Å². The van der Waals surface area contributed by atoms with Crippen molar-refractivity contribution < 1.29 is 0 Å². The molecule has 6 heteroatoms. The quantitative estimate of drug-likeness (QED) is 0.870. The second-order valence-corrected chi connectivity index (χ2v) is 5.66. The fraction of sp³-hybridized carbons (Fsp3) is 0.636. The summed E-state index contributed by atoms with van der Waals surface area (Å²) in [5, 5.41) is 3.61. The van der Waals surface area contributed by atoms with Crippen LogP contribution in [0.1, 0.15) is 12.8 Å².